The molecule has 1 aliphatic heterocycles. The van der Waals surface area contributed by atoms with Gasteiger partial charge in [0.25, 0.3) is 0 Å². The first-order valence-corrected chi connectivity index (χ1v) is 5.53. The molecule has 0 aromatic carbocycles. The average Bonchev–Trinajstić information content (AvgIpc) is 2.21. The van der Waals surface area contributed by atoms with Crippen molar-refractivity contribution in [1.29, 1.82) is 0 Å². The fraction of sp³-hybridized carbons (Fsp3) is 0.818. The zero-order valence-electron chi connectivity index (χ0n) is 9.72. The highest BCUT2D eigenvalue weighted by molar-refractivity contribution is 5.82. The molecule has 1 aliphatic rings. The van der Waals surface area contributed by atoms with Crippen molar-refractivity contribution in [3.05, 3.63) is 0 Å². The van der Waals surface area contributed by atoms with Gasteiger partial charge in [0.15, 0.2) is 0 Å². The Kier molecular flexibility index (Phi) is 3.72. The molecule has 0 spiro atoms. The molecule has 1 atom stereocenters. The van der Waals surface area contributed by atoms with Crippen LogP contribution in [0.3, 0.4) is 0 Å². The second-order valence-corrected chi connectivity index (χ2v) is 4.75. The summed E-state index contributed by atoms with van der Waals surface area (Å²) in [5, 5.41) is 5.73. The number of carbonyl (C=O) groups excluding carboxylic acids is 2. The lowest BCUT2D eigenvalue weighted by Gasteiger charge is -2.28. The molecular formula is C11H20N2O2. The van der Waals surface area contributed by atoms with Gasteiger partial charge in [-0.25, -0.2) is 0 Å². The molecule has 2 amide bonds. The monoisotopic (exact) mass is 212 g/mol. The first-order chi connectivity index (χ1) is 6.95. The van der Waals surface area contributed by atoms with Gasteiger partial charge < -0.3 is 10.6 Å². The van der Waals surface area contributed by atoms with E-state index in [0.29, 0.717) is 13.0 Å². The van der Waals surface area contributed by atoms with Crippen LogP contribution in [0.15, 0.2) is 0 Å². The van der Waals surface area contributed by atoms with Crippen LogP contribution in [0.5, 0.6) is 0 Å². The molecule has 2 N–H and O–H groups in total. The van der Waals surface area contributed by atoms with Crippen LogP contribution in [0.1, 0.15) is 40.0 Å². The van der Waals surface area contributed by atoms with Gasteiger partial charge in [-0.1, -0.05) is 20.8 Å². The Balaban J connectivity index is 2.42. The van der Waals surface area contributed by atoms with Gasteiger partial charge in [-0.3, -0.25) is 9.59 Å². The van der Waals surface area contributed by atoms with Gasteiger partial charge in [0.2, 0.25) is 11.8 Å². The number of carbonyl (C=O) groups is 2. The van der Waals surface area contributed by atoms with E-state index in [-0.39, 0.29) is 23.3 Å². The highest BCUT2D eigenvalue weighted by atomic mass is 16.2. The minimum atomic E-state index is -0.318. The average molecular weight is 212 g/mol. The van der Waals surface area contributed by atoms with Crippen molar-refractivity contribution in [3.8, 4) is 0 Å². The molecular weight excluding hydrogens is 192 g/mol. The fourth-order valence-electron chi connectivity index (χ4n) is 1.40. The van der Waals surface area contributed by atoms with Crippen LogP contribution in [0.4, 0.5) is 0 Å². The minimum Gasteiger partial charge on any atom is -0.354 e. The van der Waals surface area contributed by atoms with Crippen LogP contribution >= 0.6 is 0 Å². The molecule has 0 aliphatic carbocycles. The molecule has 86 valence electrons. The quantitative estimate of drug-likeness (QED) is 0.727. The first kappa shape index (κ1) is 12.0. The zero-order valence-corrected chi connectivity index (χ0v) is 9.72. The van der Waals surface area contributed by atoms with E-state index >= 15 is 0 Å². The molecule has 1 rings (SSSR count). The Morgan fingerprint density at radius 1 is 1.60 bits per heavy atom. The predicted octanol–water partition coefficient (Wildman–Crippen LogP) is 0.817. The Labute approximate surface area is 90.8 Å². The lowest BCUT2D eigenvalue weighted by atomic mass is 9.88. The molecule has 15 heavy (non-hydrogen) atoms. The summed E-state index contributed by atoms with van der Waals surface area (Å²) in [6, 6.07) is 0.0982. The summed E-state index contributed by atoms with van der Waals surface area (Å²) >= 11 is 0. The van der Waals surface area contributed by atoms with Gasteiger partial charge >= 0.3 is 0 Å². The summed E-state index contributed by atoms with van der Waals surface area (Å²) in [4.78, 5) is 22.7. The van der Waals surface area contributed by atoms with Crippen molar-refractivity contribution in [2.75, 3.05) is 6.54 Å². The van der Waals surface area contributed by atoms with Crippen LogP contribution in [0.25, 0.3) is 0 Å². The van der Waals surface area contributed by atoms with Gasteiger partial charge in [-0.2, -0.15) is 0 Å². The molecule has 1 fully saturated rings. The van der Waals surface area contributed by atoms with E-state index in [9.17, 15) is 9.59 Å². The number of rotatable bonds is 3. The van der Waals surface area contributed by atoms with E-state index in [1.807, 2.05) is 20.8 Å². The zero-order chi connectivity index (χ0) is 11.5. The molecule has 4 heteroatoms. The maximum atomic E-state index is 11.8. The second-order valence-electron chi connectivity index (χ2n) is 4.75. The maximum Gasteiger partial charge on any atom is 0.225 e. The van der Waals surface area contributed by atoms with Gasteiger partial charge in [0, 0.05) is 24.4 Å². The number of hydrogen-bond acceptors (Lipinski definition) is 2. The Bertz CT molecular complexity index is 251. The Hall–Kier alpha value is -1.06. The number of piperidine rings is 1. The van der Waals surface area contributed by atoms with Crippen LogP contribution in [-0.2, 0) is 9.59 Å². The highest BCUT2D eigenvalue weighted by Gasteiger charge is 2.28. The summed E-state index contributed by atoms with van der Waals surface area (Å²) in [5.74, 6) is 0.154. The molecule has 1 heterocycles. The highest BCUT2D eigenvalue weighted by Crippen LogP contribution is 2.20. The summed E-state index contributed by atoms with van der Waals surface area (Å²) in [7, 11) is 0. The molecule has 0 aromatic heterocycles. The molecule has 4 nitrogen and oxygen atoms in total. The number of hydrogen-bond donors (Lipinski definition) is 2. The Morgan fingerprint density at radius 3 is 2.73 bits per heavy atom. The van der Waals surface area contributed by atoms with E-state index in [2.05, 4.69) is 10.6 Å². The molecule has 0 bridgehead atoms. The van der Waals surface area contributed by atoms with E-state index in [4.69, 9.17) is 0 Å². The topological polar surface area (TPSA) is 58.2 Å². The Morgan fingerprint density at radius 2 is 2.27 bits per heavy atom. The molecule has 1 saturated heterocycles. The largest absolute Gasteiger partial charge is 0.354 e. The van der Waals surface area contributed by atoms with Gasteiger partial charge in [0.05, 0.1) is 0 Å². The summed E-state index contributed by atoms with van der Waals surface area (Å²) in [6.07, 6.45) is 2.08. The minimum absolute atomic E-state index is 0.0751. The van der Waals surface area contributed by atoms with Crippen molar-refractivity contribution >= 4 is 11.8 Å². The van der Waals surface area contributed by atoms with E-state index in [1.165, 1.54) is 0 Å². The number of nitrogens with one attached hydrogen (secondary N) is 2. The third-order valence-corrected chi connectivity index (χ3v) is 3.10. The lowest BCUT2D eigenvalue weighted by Crippen LogP contribution is -2.50. The summed E-state index contributed by atoms with van der Waals surface area (Å²) < 4.78 is 0. The smallest absolute Gasteiger partial charge is 0.225 e. The summed E-state index contributed by atoms with van der Waals surface area (Å²) in [6.45, 7) is 6.43. The van der Waals surface area contributed by atoms with Crippen molar-refractivity contribution < 1.29 is 9.59 Å². The van der Waals surface area contributed by atoms with E-state index in [0.717, 1.165) is 12.8 Å². The third-order valence-electron chi connectivity index (χ3n) is 3.10. The standard InChI is InChI=1S/C11H20N2O2/c1-4-11(2,3)10(15)13-8-5-6-9(14)12-7-8/h8H,4-7H2,1-3H3,(H,12,14)(H,13,15). The van der Waals surface area contributed by atoms with Crippen LogP contribution < -0.4 is 10.6 Å². The third kappa shape index (κ3) is 3.22. The van der Waals surface area contributed by atoms with Gasteiger partial charge in [-0.05, 0) is 12.8 Å². The van der Waals surface area contributed by atoms with Crippen molar-refractivity contribution in [1.82, 2.24) is 10.6 Å². The van der Waals surface area contributed by atoms with Crippen molar-refractivity contribution in [3.63, 3.8) is 0 Å². The second kappa shape index (κ2) is 4.64. The molecule has 0 radical (unpaired) electrons. The van der Waals surface area contributed by atoms with Gasteiger partial charge in [-0.15, -0.1) is 0 Å². The van der Waals surface area contributed by atoms with Crippen molar-refractivity contribution in [2.24, 2.45) is 5.41 Å². The van der Waals surface area contributed by atoms with Crippen LogP contribution in [0, 0.1) is 5.41 Å². The van der Waals surface area contributed by atoms with Crippen molar-refractivity contribution in [2.45, 2.75) is 46.1 Å². The fourth-order valence-corrected chi connectivity index (χ4v) is 1.40. The predicted molar refractivity (Wildman–Crippen MR) is 58.2 cm³/mol. The SMILES string of the molecule is CCC(C)(C)C(=O)NC1CCC(=O)NC1. The molecule has 1 unspecified atom stereocenters. The normalized spacial score (nSPS) is 22.1. The number of amides is 2. The molecule has 0 aromatic rings. The van der Waals surface area contributed by atoms with Crippen LogP contribution in [0.2, 0.25) is 0 Å². The summed E-state index contributed by atoms with van der Waals surface area (Å²) in [5.41, 5.74) is -0.318. The van der Waals surface area contributed by atoms with Crippen LogP contribution in [-0.4, -0.2) is 24.4 Å². The molecule has 0 saturated carbocycles. The van der Waals surface area contributed by atoms with E-state index < -0.39 is 0 Å². The van der Waals surface area contributed by atoms with Gasteiger partial charge in [0.1, 0.15) is 0 Å². The lowest BCUT2D eigenvalue weighted by molar-refractivity contribution is -0.131. The first-order valence-electron chi connectivity index (χ1n) is 5.53. The maximum absolute atomic E-state index is 11.8. The van der Waals surface area contributed by atoms with E-state index in [1.54, 1.807) is 0 Å².